The number of carbonyl (C=O) groups is 2. The molecule has 0 saturated heterocycles. The molecule has 7 nitrogen and oxygen atoms in total. The van der Waals surface area contributed by atoms with Gasteiger partial charge >= 0.3 is 13.6 Å². The number of esters is 1. The Hall–Kier alpha value is -0.560. The molecule has 0 heterocycles. The van der Waals surface area contributed by atoms with E-state index in [0.29, 0.717) is 24.1 Å². The van der Waals surface area contributed by atoms with Gasteiger partial charge in [0.05, 0.1) is 13.2 Å². The molecule has 0 radical (unpaired) electrons. The molecule has 0 aromatic rings. The van der Waals surface area contributed by atoms with Gasteiger partial charge in [-0.3, -0.25) is 14.2 Å². The van der Waals surface area contributed by atoms with Crippen LogP contribution in [0.1, 0.15) is 70.6 Å². The molecule has 1 atom stereocenters. The van der Waals surface area contributed by atoms with E-state index in [4.69, 9.17) is 14.2 Å². The second kappa shape index (κ2) is 13.6. The quantitative estimate of drug-likeness (QED) is 0.215. The van der Waals surface area contributed by atoms with E-state index in [9.17, 15) is 14.2 Å². The summed E-state index contributed by atoms with van der Waals surface area (Å²) >= 11 is 1.87. The maximum absolute atomic E-state index is 11.9. The predicted octanol–water partition coefficient (Wildman–Crippen LogP) is 3.88. The molecule has 1 amide bonds. The molecule has 1 aliphatic rings. The summed E-state index contributed by atoms with van der Waals surface area (Å²) in [5.41, 5.74) is 0. The molecule has 1 rings (SSSR count). The number of thioether (sulfide) groups is 1. The van der Waals surface area contributed by atoms with Crippen molar-refractivity contribution in [3.05, 3.63) is 0 Å². The second-order valence-electron chi connectivity index (χ2n) is 7.47. The predicted molar refractivity (Wildman–Crippen MR) is 113 cm³/mol. The number of hydrogen-bond donors (Lipinski definition) is 2. The van der Waals surface area contributed by atoms with Gasteiger partial charge in [0.2, 0.25) is 5.91 Å². The van der Waals surface area contributed by atoms with Crippen LogP contribution < -0.4 is 5.32 Å². The van der Waals surface area contributed by atoms with Crippen molar-refractivity contribution in [2.24, 2.45) is 0 Å². The zero-order valence-corrected chi connectivity index (χ0v) is 19.0. The number of ether oxygens (including phenoxy) is 1. The molecule has 1 saturated carbocycles. The van der Waals surface area contributed by atoms with E-state index in [2.05, 4.69) is 11.6 Å². The normalized spacial score (nSPS) is 17.4. The molecule has 9 heteroatoms. The Morgan fingerprint density at radius 1 is 1.11 bits per heavy atom. The number of hydrogen-bond acceptors (Lipinski definition) is 6. The van der Waals surface area contributed by atoms with E-state index >= 15 is 0 Å². The minimum Gasteiger partial charge on any atom is -0.464 e. The van der Waals surface area contributed by atoms with Crippen LogP contribution in [0.3, 0.4) is 0 Å². The van der Waals surface area contributed by atoms with Crippen LogP contribution in [0.5, 0.6) is 0 Å². The molecule has 1 aliphatic carbocycles. The van der Waals surface area contributed by atoms with Crippen LogP contribution >= 0.6 is 19.4 Å². The van der Waals surface area contributed by atoms with Crippen LogP contribution in [0, 0.1) is 0 Å². The van der Waals surface area contributed by atoms with Crippen LogP contribution in [-0.4, -0.2) is 54.2 Å². The standard InChI is InChI=1S/C19H36NO6PS/c1-27(23,24)26-15-7-5-3-4-6-9-18(22)25-16-14-20-17(21)10-13-19(28-2)11-8-12-19/h3-16H2,1-2H3,(H,20,21)(H,23,24). The number of rotatable bonds is 16. The lowest BCUT2D eigenvalue weighted by molar-refractivity contribution is -0.144. The highest BCUT2D eigenvalue weighted by Gasteiger charge is 2.35. The van der Waals surface area contributed by atoms with Gasteiger partial charge in [-0.2, -0.15) is 11.8 Å². The number of unbranched alkanes of at least 4 members (excludes halogenated alkanes) is 4. The molecule has 164 valence electrons. The molecule has 2 N–H and O–H groups in total. The van der Waals surface area contributed by atoms with Gasteiger partial charge in [-0.05, 0) is 38.4 Å². The van der Waals surface area contributed by atoms with Crippen LogP contribution in [-0.2, 0) is 23.4 Å². The zero-order chi connectivity index (χ0) is 20.9. The minimum atomic E-state index is -3.36. The fraction of sp³-hybridized carbons (Fsp3) is 0.895. The SMILES string of the molecule is CSC1(CCC(=O)NCCOC(=O)CCCCCCCOP(C)(=O)O)CCC1. The minimum absolute atomic E-state index is 0.0287. The Morgan fingerprint density at radius 3 is 2.39 bits per heavy atom. The van der Waals surface area contributed by atoms with Crippen molar-refractivity contribution in [2.75, 3.05) is 32.7 Å². The molecule has 0 bridgehead atoms. The Morgan fingerprint density at radius 2 is 1.79 bits per heavy atom. The smallest absolute Gasteiger partial charge is 0.325 e. The van der Waals surface area contributed by atoms with Crippen LogP contribution in [0.25, 0.3) is 0 Å². The number of amides is 1. The third-order valence-corrected chi connectivity index (χ3v) is 7.19. The van der Waals surface area contributed by atoms with Gasteiger partial charge < -0.3 is 19.5 Å². The lowest BCUT2D eigenvalue weighted by atomic mass is 9.81. The molecule has 0 aliphatic heterocycles. The Kier molecular flexibility index (Phi) is 12.4. The van der Waals surface area contributed by atoms with Gasteiger partial charge in [0, 0.05) is 24.3 Å². The molecule has 28 heavy (non-hydrogen) atoms. The molecule has 0 aromatic heterocycles. The average Bonchev–Trinajstić information content (AvgIpc) is 2.59. The highest BCUT2D eigenvalue weighted by molar-refractivity contribution is 8.00. The first-order valence-electron chi connectivity index (χ1n) is 10.2. The van der Waals surface area contributed by atoms with Crippen molar-refractivity contribution in [1.29, 1.82) is 0 Å². The van der Waals surface area contributed by atoms with Gasteiger partial charge in [0.1, 0.15) is 6.61 Å². The molecule has 1 fully saturated rings. The van der Waals surface area contributed by atoms with Crippen LogP contribution in [0.15, 0.2) is 0 Å². The van der Waals surface area contributed by atoms with E-state index in [1.165, 1.54) is 25.9 Å². The van der Waals surface area contributed by atoms with Crippen LogP contribution in [0.2, 0.25) is 0 Å². The highest BCUT2D eigenvalue weighted by atomic mass is 32.2. The van der Waals surface area contributed by atoms with Gasteiger partial charge in [0.25, 0.3) is 0 Å². The largest absolute Gasteiger partial charge is 0.464 e. The number of nitrogens with one attached hydrogen (secondary N) is 1. The zero-order valence-electron chi connectivity index (χ0n) is 17.2. The maximum Gasteiger partial charge on any atom is 0.325 e. The lowest BCUT2D eigenvalue weighted by Crippen LogP contribution is -2.35. The molecule has 0 spiro atoms. The Labute approximate surface area is 173 Å². The first-order valence-corrected chi connectivity index (χ1v) is 13.4. The summed E-state index contributed by atoms with van der Waals surface area (Å²) in [5, 5.41) is 2.81. The highest BCUT2D eigenvalue weighted by Crippen LogP contribution is 2.46. The summed E-state index contributed by atoms with van der Waals surface area (Å²) in [6.07, 6.45) is 11.9. The fourth-order valence-corrected chi connectivity index (χ4v) is 4.59. The monoisotopic (exact) mass is 437 g/mol. The van der Waals surface area contributed by atoms with Crippen molar-refractivity contribution in [2.45, 2.75) is 75.4 Å². The van der Waals surface area contributed by atoms with Gasteiger partial charge in [-0.1, -0.05) is 25.7 Å². The topological polar surface area (TPSA) is 102 Å². The summed E-state index contributed by atoms with van der Waals surface area (Å²) in [4.78, 5) is 32.5. The van der Waals surface area contributed by atoms with Crippen molar-refractivity contribution < 1.29 is 28.3 Å². The Balaban J connectivity index is 1.90. The summed E-state index contributed by atoms with van der Waals surface area (Å²) in [6.45, 7) is 2.05. The van der Waals surface area contributed by atoms with Gasteiger partial charge in [-0.15, -0.1) is 0 Å². The molecular weight excluding hydrogens is 401 g/mol. The lowest BCUT2D eigenvalue weighted by Gasteiger charge is -2.40. The average molecular weight is 438 g/mol. The summed E-state index contributed by atoms with van der Waals surface area (Å²) < 4.78 is 21.2. The summed E-state index contributed by atoms with van der Waals surface area (Å²) in [7, 11) is -3.36. The third kappa shape index (κ3) is 12.1. The van der Waals surface area contributed by atoms with Crippen molar-refractivity contribution in [3.8, 4) is 0 Å². The van der Waals surface area contributed by atoms with E-state index in [1.54, 1.807) is 0 Å². The maximum atomic E-state index is 11.9. The van der Waals surface area contributed by atoms with E-state index in [1.807, 2.05) is 11.8 Å². The Bertz CT molecular complexity index is 515. The summed E-state index contributed by atoms with van der Waals surface area (Å²) in [6, 6.07) is 0. The third-order valence-electron chi connectivity index (χ3n) is 5.05. The second-order valence-corrected chi connectivity index (χ2v) is 10.6. The first kappa shape index (κ1) is 25.5. The number of carbonyl (C=O) groups excluding carboxylic acids is 2. The van der Waals surface area contributed by atoms with Crippen molar-refractivity contribution in [3.63, 3.8) is 0 Å². The van der Waals surface area contributed by atoms with Gasteiger partial charge in [0.15, 0.2) is 0 Å². The van der Waals surface area contributed by atoms with Crippen LogP contribution in [0.4, 0.5) is 0 Å². The molecule has 1 unspecified atom stereocenters. The van der Waals surface area contributed by atoms with Crippen molar-refractivity contribution >= 4 is 31.2 Å². The van der Waals surface area contributed by atoms with E-state index in [-0.39, 0.29) is 25.1 Å². The first-order chi connectivity index (χ1) is 13.3. The molecular formula is C19H36NO6PS. The van der Waals surface area contributed by atoms with Crippen molar-refractivity contribution in [1.82, 2.24) is 5.32 Å². The molecule has 0 aromatic carbocycles. The summed E-state index contributed by atoms with van der Waals surface area (Å²) in [5.74, 6) is -0.207. The fourth-order valence-electron chi connectivity index (χ4n) is 3.12. The van der Waals surface area contributed by atoms with Gasteiger partial charge in [-0.25, -0.2) is 0 Å². The van der Waals surface area contributed by atoms with E-state index in [0.717, 1.165) is 38.5 Å². The van der Waals surface area contributed by atoms with E-state index < -0.39 is 7.60 Å².